The molecule has 0 atom stereocenters. The van der Waals surface area contributed by atoms with Crippen molar-refractivity contribution in [3.8, 4) is 0 Å². The van der Waals surface area contributed by atoms with E-state index in [4.69, 9.17) is 5.11 Å². The lowest BCUT2D eigenvalue weighted by Crippen LogP contribution is -2.24. The van der Waals surface area contributed by atoms with Crippen molar-refractivity contribution in [2.75, 3.05) is 13.2 Å². The number of carbonyl (C=O) groups is 1. The topological polar surface area (TPSA) is 49.3 Å². The van der Waals surface area contributed by atoms with Gasteiger partial charge in [0.1, 0.15) is 0 Å². The zero-order chi connectivity index (χ0) is 12.1. The predicted molar refractivity (Wildman–Crippen MR) is 67.1 cm³/mol. The molecule has 0 heterocycles. The largest absolute Gasteiger partial charge is 0.396 e. The summed E-state index contributed by atoms with van der Waals surface area (Å²) in [6.07, 6.45) is 5.02. The quantitative estimate of drug-likeness (QED) is 0.760. The first-order chi connectivity index (χ1) is 8.31. The Morgan fingerprint density at radius 3 is 2.88 bits per heavy atom. The second-order valence-electron chi connectivity index (χ2n) is 4.52. The summed E-state index contributed by atoms with van der Waals surface area (Å²) >= 11 is 0. The van der Waals surface area contributed by atoms with Crippen LogP contribution in [0.4, 0.5) is 0 Å². The minimum Gasteiger partial charge on any atom is -0.396 e. The second-order valence-corrected chi connectivity index (χ2v) is 4.52. The average Bonchev–Trinajstić information content (AvgIpc) is 2.81. The molecular formula is C14H19NO2. The van der Waals surface area contributed by atoms with E-state index in [1.54, 1.807) is 0 Å². The lowest BCUT2D eigenvalue weighted by molar-refractivity contribution is 0.0952. The molecule has 0 saturated heterocycles. The number of aryl methyl sites for hydroxylation is 2. The van der Waals surface area contributed by atoms with E-state index in [-0.39, 0.29) is 12.5 Å². The number of nitrogens with one attached hydrogen (secondary N) is 1. The van der Waals surface area contributed by atoms with Gasteiger partial charge < -0.3 is 10.4 Å². The summed E-state index contributed by atoms with van der Waals surface area (Å²) in [5.74, 6) is -0.00219. The van der Waals surface area contributed by atoms with E-state index in [9.17, 15) is 4.79 Å². The van der Waals surface area contributed by atoms with Gasteiger partial charge in [-0.05, 0) is 55.4 Å². The van der Waals surface area contributed by atoms with E-state index < -0.39 is 0 Å². The van der Waals surface area contributed by atoms with E-state index in [1.807, 2.05) is 12.1 Å². The number of carbonyl (C=O) groups excluding carboxylic acids is 1. The number of hydrogen-bond acceptors (Lipinski definition) is 2. The summed E-state index contributed by atoms with van der Waals surface area (Å²) in [6, 6.07) is 6.00. The summed E-state index contributed by atoms with van der Waals surface area (Å²) in [4.78, 5) is 11.8. The molecular weight excluding hydrogens is 214 g/mol. The SMILES string of the molecule is O=C(NCCCCO)c1ccc2c(c1)CCC2. The highest BCUT2D eigenvalue weighted by atomic mass is 16.2. The predicted octanol–water partition coefficient (Wildman–Crippen LogP) is 1.68. The van der Waals surface area contributed by atoms with Crippen molar-refractivity contribution in [1.29, 1.82) is 0 Å². The Labute approximate surface area is 102 Å². The first-order valence-electron chi connectivity index (χ1n) is 6.32. The molecule has 92 valence electrons. The zero-order valence-electron chi connectivity index (χ0n) is 10.0. The van der Waals surface area contributed by atoms with E-state index in [2.05, 4.69) is 11.4 Å². The fraction of sp³-hybridized carbons (Fsp3) is 0.500. The monoisotopic (exact) mass is 233 g/mol. The molecule has 0 saturated carbocycles. The van der Waals surface area contributed by atoms with Gasteiger partial charge in [0.2, 0.25) is 0 Å². The Bertz CT molecular complexity index is 401. The molecule has 0 radical (unpaired) electrons. The maximum Gasteiger partial charge on any atom is 0.251 e. The van der Waals surface area contributed by atoms with Crippen LogP contribution in [0.15, 0.2) is 18.2 Å². The van der Waals surface area contributed by atoms with Crippen molar-refractivity contribution < 1.29 is 9.90 Å². The lowest BCUT2D eigenvalue weighted by atomic mass is 10.1. The highest BCUT2D eigenvalue weighted by Crippen LogP contribution is 2.22. The minimum atomic E-state index is -0.00219. The van der Waals surface area contributed by atoms with Gasteiger partial charge in [0, 0.05) is 18.7 Å². The summed E-state index contributed by atoms with van der Waals surface area (Å²) in [5.41, 5.74) is 3.48. The van der Waals surface area contributed by atoms with Crippen LogP contribution in [0.2, 0.25) is 0 Å². The van der Waals surface area contributed by atoms with Crippen molar-refractivity contribution in [3.63, 3.8) is 0 Å². The fourth-order valence-corrected chi connectivity index (χ4v) is 2.25. The van der Waals surface area contributed by atoms with Crippen molar-refractivity contribution in [2.24, 2.45) is 0 Å². The minimum absolute atomic E-state index is 0.00219. The molecule has 3 heteroatoms. The van der Waals surface area contributed by atoms with Gasteiger partial charge in [0.15, 0.2) is 0 Å². The maximum atomic E-state index is 11.8. The Hall–Kier alpha value is -1.35. The average molecular weight is 233 g/mol. The molecule has 2 N–H and O–H groups in total. The van der Waals surface area contributed by atoms with Gasteiger partial charge in [-0.25, -0.2) is 0 Å². The van der Waals surface area contributed by atoms with Gasteiger partial charge >= 0.3 is 0 Å². The Morgan fingerprint density at radius 2 is 2.06 bits per heavy atom. The smallest absolute Gasteiger partial charge is 0.251 e. The molecule has 0 spiro atoms. The standard InChI is InChI=1S/C14H19NO2/c16-9-2-1-8-15-14(17)13-7-6-11-4-3-5-12(11)10-13/h6-7,10,16H,1-5,8-9H2,(H,15,17). The van der Waals surface area contributed by atoms with Crippen LogP contribution in [-0.4, -0.2) is 24.2 Å². The van der Waals surface area contributed by atoms with Crippen LogP contribution in [-0.2, 0) is 12.8 Å². The zero-order valence-corrected chi connectivity index (χ0v) is 10.0. The van der Waals surface area contributed by atoms with Crippen LogP contribution < -0.4 is 5.32 Å². The van der Waals surface area contributed by atoms with Crippen LogP contribution in [0, 0.1) is 0 Å². The van der Waals surface area contributed by atoms with E-state index >= 15 is 0 Å². The first kappa shape index (κ1) is 12.1. The molecule has 0 fully saturated rings. The van der Waals surface area contributed by atoms with Crippen LogP contribution in [0.3, 0.4) is 0 Å². The summed E-state index contributed by atoms with van der Waals surface area (Å²) in [5, 5.41) is 11.5. The van der Waals surface area contributed by atoms with Crippen LogP contribution in [0.25, 0.3) is 0 Å². The molecule has 0 unspecified atom stereocenters. The van der Waals surface area contributed by atoms with Gasteiger partial charge in [0.25, 0.3) is 5.91 Å². The number of unbranched alkanes of at least 4 members (excludes halogenated alkanes) is 1. The number of amides is 1. The molecule has 17 heavy (non-hydrogen) atoms. The van der Waals surface area contributed by atoms with Crippen molar-refractivity contribution in [2.45, 2.75) is 32.1 Å². The third-order valence-electron chi connectivity index (χ3n) is 3.23. The third kappa shape index (κ3) is 3.07. The Balaban J connectivity index is 1.91. The molecule has 1 aliphatic rings. The molecule has 1 aromatic carbocycles. The Morgan fingerprint density at radius 1 is 1.24 bits per heavy atom. The number of hydrogen-bond donors (Lipinski definition) is 2. The van der Waals surface area contributed by atoms with Crippen molar-refractivity contribution in [1.82, 2.24) is 5.32 Å². The van der Waals surface area contributed by atoms with E-state index in [0.717, 1.165) is 31.2 Å². The van der Waals surface area contributed by atoms with E-state index in [1.165, 1.54) is 17.5 Å². The number of rotatable bonds is 5. The summed E-state index contributed by atoms with van der Waals surface area (Å²) in [6.45, 7) is 0.825. The maximum absolute atomic E-state index is 11.8. The fourth-order valence-electron chi connectivity index (χ4n) is 2.25. The van der Waals surface area contributed by atoms with Gasteiger partial charge in [0.05, 0.1) is 0 Å². The molecule has 2 rings (SSSR count). The van der Waals surface area contributed by atoms with Crippen LogP contribution in [0.5, 0.6) is 0 Å². The summed E-state index contributed by atoms with van der Waals surface area (Å²) < 4.78 is 0. The Kier molecular flexibility index (Phi) is 4.15. The third-order valence-corrected chi connectivity index (χ3v) is 3.23. The van der Waals surface area contributed by atoms with Gasteiger partial charge in [-0.15, -0.1) is 0 Å². The van der Waals surface area contributed by atoms with E-state index in [0.29, 0.717) is 6.54 Å². The highest BCUT2D eigenvalue weighted by molar-refractivity contribution is 5.94. The number of fused-ring (bicyclic) bond motifs is 1. The lowest BCUT2D eigenvalue weighted by Gasteiger charge is -2.06. The number of aliphatic hydroxyl groups is 1. The highest BCUT2D eigenvalue weighted by Gasteiger charge is 2.13. The molecule has 0 aliphatic heterocycles. The van der Waals surface area contributed by atoms with Crippen LogP contribution >= 0.6 is 0 Å². The molecule has 0 bridgehead atoms. The van der Waals surface area contributed by atoms with Gasteiger partial charge in [-0.3, -0.25) is 4.79 Å². The van der Waals surface area contributed by atoms with Crippen LogP contribution in [0.1, 0.15) is 40.7 Å². The van der Waals surface area contributed by atoms with Gasteiger partial charge in [-0.1, -0.05) is 6.07 Å². The first-order valence-corrected chi connectivity index (χ1v) is 6.32. The summed E-state index contributed by atoms with van der Waals surface area (Å²) in [7, 11) is 0. The molecule has 1 aliphatic carbocycles. The molecule has 0 aromatic heterocycles. The number of benzene rings is 1. The van der Waals surface area contributed by atoms with Crippen molar-refractivity contribution in [3.05, 3.63) is 34.9 Å². The normalized spacial score (nSPS) is 13.5. The molecule has 1 aromatic rings. The van der Waals surface area contributed by atoms with Gasteiger partial charge in [-0.2, -0.15) is 0 Å². The molecule has 3 nitrogen and oxygen atoms in total. The molecule has 1 amide bonds. The number of aliphatic hydroxyl groups excluding tert-OH is 1. The second kappa shape index (κ2) is 5.82. The van der Waals surface area contributed by atoms with Crippen molar-refractivity contribution >= 4 is 5.91 Å².